The fourth-order valence-corrected chi connectivity index (χ4v) is 2.78. The number of nitrogens with one attached hydrogen (secondary N) is 1. The lowest BCUT2D eigenvalue weighted by molar-refractivity contribution is -0.115. The molecule has 0 fully saturated rings. The van der Waals surface area contributed by atoms with Gasteiger partial charge in [-0.25, -0.2) is 4.98 Å². The Balaban J connectivity index is 1.77. The number of hydrogen-bond acceptors (Lipinski definition) is 6. The van der Waals surface area contributed by atoms with Gasteiger partial charge in [-0.1, -0.05) is 12.1 Å². The number of nitrogens with zero attached hydrogens (tertiary/aromatic N) is 1. The number of aryl methyl sites for hydroxylation is 1. The molecule has 2 aromatic carbocycles. The summed E-state index contributed by atoms with van der Waals surface area (Å²) < 4.78 is 21.6. The van der Waals surface area contributed by atoms with E-state index in [4.69, 9.17) is 18.6 Å². The third kappa shape index (κ3) is 4.09. The summed E-state index contributed by atoms with van der Waals surface area (Å²) in [6, 6.07) is 12.6. The van der Waals surface area contributed by atoms with E-state index >= 15 is 0 Å². The largest absolute Gasteiger partial charge is 0.497 e. The zero-order valence-electron chi connectivity index (χ0n) is 16.2. The number of rotatable bonds is 7. The number of oxazole rings is 1. The SMILES string of the molecule is COc1ccc(NC(=O)Cc2nc(-c3ccccc3OC)oc2C)c(OC)c1. The van der Waals surface area contributed by atoms with Gasteiger partial charge in [-0.15, -0.1) is 0 Å². The standard InChI is InChI=1S/C21H22N2O5/c1-13-17(23-21(28-13)15-7-5-6-8-18(15)26-3)12-20(24)22-16-10-9-14(25-2)11-19(16)27-4/h5-11H,12H2,1-4H3,(H,22,24). The van der Waals surface area contributed by atoms with Crippen molar-refractivity contribution >= 4 is 11.6 Å². The molecule has 0 aliphatic carbocycles. The minimum atomic E-state index is -0.230. The van der Waals surface area contributed by atoms with Gasteiger partial charge < -0.3 is 23.9 Å². The van der Waals surface area contributed by atoms with E-state index in [2.05, 4.69) is 10.3 Å². The van der Waals surface area contributed by atoms with E-state index < -0.39 is 0 Å². The first kappa shape index (κ1) is 19.3. The first-order valence-corrected chi connectivity index (χ1v) is 8.67. The molecule has 7 heteroatoms. The topological polar surface area (TPSA) is 82.8 Å². The maximum absolute atomic E-state index is 12.5. The number of hydrogen-bond donors (Lipinski definition) is 1. The van der Waals surface area contributed by atoms with Gasteiger partial charge in [0, 0.05) is 6.07 Å². The zero-order chi connectivity index (χ0) is 20.1. The van der Waals surface area contributed by atoms with E-state index in [1.165, 1.54) is 7.11 Å². The summed E-state index contributed by atoms with van der Waals surface area (Å²) in [5.41, 5.74) is 1.85. The van der Waals surface area contributed by atoms with Crippen LogP contribution in [0.25, 0.3) is 11.5 Å². The normalized spacial score (nSPS) is 10.4. The number of amides is 1. The van der Waals surface area contributed by atoms with E-state index in [9.17, 15) is 4.79 Å². The molecule has 1 heterocycles. The van der Waals surface area contributed by atoms with E-state index in [0.29, 0.717) is 40.3 Å². The molecule has 0 unspecified atom stereocenters. The first-order chi connectivity index (χ1) is 13.5. The van der Waals surface area contributed by atoms with Crippen molar-refractivity contribution in [2.24, 2.45) is 0 Å². The molecule has 1 N–H and O–H groups in total. The van der Waals surface area contributed by atoms with Crippen molar-refractivity contribution in [2.75, 3.05) is 26.6 Å². The highest BCUT2D eigenvalue weighted by atomic mass is 16.5. The number of carbonyl (C=O) groups is 1. The fourth-order valence-electron chi connectivity index (χ4n) is 2.78. The van der Waals surface area contributed by atoms with Crippen molar-refractivity contribution in [3.63, 3.8) is 0 Å². The summed E-state index contributed by atoms with van der Waals surface area (Å²) in [6.45, 7) is 1.78. The highest BCUT2D eigenvalue weighted by molar-refractivity contribution is 5.93. The maximum atomic E-state index is 12.5. The van der Waals surface area contributed by atoms with E-state index in [0.717, 1.165) is 5.56 Å². The van der Waals surface area contributed by atoms with Gasteiger partial charge in [-0.2, -0.15) is 0 Å². The molecule has 7 nitrogen and oxygen atoms in total. The second-order valence-corrected chi connectivity index (χ2v) is 6.01. The van der Waals surface area contributed by atoms with Crippen LogP contribution in [-0.2, 0) is 11.2 Å². The molecule has 28 heavy (non-hydrogen) atoms. The molecular weight excluding hydrogens is 360 g/mol. The van der Waals surface area contributed by atoms with Crippen LogP contribution in [0.1, 0.15) is 11.5 Å². The predicted octanol–water partition coefficient (Wildman–Crippen LogP) is 3.86. The average Bonchev–Trinajstić information content (AvgIpc) is 3.08. The summed E-state index contributed by atoms with van der Waals surface area (Å²) in [5.74, 6) is 2.58. The lowest BCUT2D eigenvalue weighted by atomic mass is 10.2. The minimum absolute atomic E-state index is 0.0691. The number of benzene rings is 2. The third-order valence-corrected chi connectivity index (χ3v) is 4.24. The number of aromatic nitrogens is 1. The molecule has 1 aromatic heterocycles. The molecule has 0 saturated carbocycles. The Hall–Kier alpha value is -3.48. The summed E-state index contributed by atoms with van der Waals surface area (Å²) in [5, 5.41) is 2.83. The van der Waals surface area contributed by atoms with Gasteiger partial charge >= 0.3 is 0 Å². The van der Waals surface area contributed by atoms with E-state index in [1.54, 1.807) is 39.3 Å². The highest BCUT2D eigenvalue weighted by Crippen LogP contribution is 2.31. The smallest absolute Gasteiger partial charge is 0.230 e. The van der Waals surface area contributed by atoms with Gasteiger partial charge in [0.15, 0.2) is 0 Å². The van der Waals surface area contributed by atoms with Crippen molar-refractivity contribution in [2.45, 2.75) is 13.3 Å². The van der Waals surface area contributed by atoms with Crippen molar-refractivity contribution in [3.05, 3.63) is 53.9 Å². The Kier molecular flexibility index (Phi) is 5.84. The Morgan fingerprint density at radius 3 is 2.50 bits per heavy atom. The first-order valence-electron chi connectivity index (χ1n) is 8.67. The second-order valence-electron chi connectivity index (χ2n) is 6.01. The molecule has 0 bridgehead atoms. The number of methoxy groups -OCH3 is 3. The van der Waals surface area contributed by atoms with Gasteiger partial charge in [0.1, 0.15) is 23.0 Å². The van der Waals surface area contributed by atoms with Crippen LogP contribution in [0.3, 0.4) is 0 Å². The van der Waals surface area contributed by atoms with Gasteiger partial charge in [-0.3, -0.25) is 4.79 Å². The summed E-state index contributed by atoms with van der Waals surface area (Å²) in [6.07, 6.45) is 0.0691. The fraction of sp³-hybridized carbons (Fsp3) is 0.238. The molecule has 146 valence electrons. The second kappa shape index (κ2) is 8.47. The van der Waals surface area contributed by atoms with Crippen molar-refractivity contribution in [3.8, 4) is 28.7 Å². The Bertz CT molecular complexity index is 981. The van der Waals surface area contributed by atoms with Gasteiger partial charge in [0.25, 0.3) is 0 Å². The third-order valence-electron chi connectivity index (χ3n) is 4.24. The predicted molar refractivity (Wildman–Crippen MR) is 105 cm³/mol. The minimum Gasteiger partial charge on any atom is -0.497 e. The summed E-state index contributed by atoms with van der Waals surface area (Å²) in [7, 11) is 4.69. The number of anilines is 1. The van der Waals surface area contributed by atoms with Crippen LogP contribution < -0.4 is 19.5 Å². The monoisotopic (exact) mass is 382 g/mol. The molecule has 0 radical (unpaired) electrons. The van der Waals surface area contributed by atoms with Crippen LogP contribution in [0.2, 0.25) is 0 Å². The Morgan fingerprint density at radius 1 is 1.04 bits per heavy atom. The van der Waals surface area contributed by atoms with E-state index in [-0.39, 0.29) is 12.3 Å². The van der Waals surface area contributed by atoms with Crippen LogP contribution in [-0.4, -0.2) is 32.2 Å². The van der Waals surface area contributed by atoms with Crippen molar-refractivity contribution < 1.29 is 23.4 Å². The molecule has 0 aliphatic heterocycles. The lowest BCUT2D eigenvalue weighted by Gasteiger charge is -2.11. The molecule has 3 rings (SSSR count). The van der Waals surface area contributed by atoms with Gasteiger partial charge in [0.05, 0.1) is 44.7 Å². The zero-order valence-corrected chi connectivity index (χ0v) is 16.2. The molecule has 0 aliphatic rings. The number of ether oxygens (including phenoxy) is 3. The molecule has 0 spiro atoms. The molecular formula is C21H22N2O5. The molecule has 1 amide bonds. The Labute approximate surface area is 163 Å². The number of carbonyl (C=O) groups excluding carboxylic acids is 1. The maximum Gasteiger partial charge on any atom is 0.230 e. The lowest BCUT2D eigenvalue weighted by Crippen LogP contribution is -2.15. The summed E-state index contributed by atoms with van der Waals surface area (Å²) >= 11 is 0. The molecule has 0 saturated heterocycles. The van der Waals surface area contributed by atoms with Crippen molar-refractivity contribution in [1.29, 1.82) is 0 Å². The van der Waals surface area contributed by atoms with Crippen LogP contribution in [0.4, 0.5) is 5.69 Å². The molecule has 3 aromatic rings. The van der Waals surface area contributed by atoms with Crippen LogP contribution in [0.15, 0.2) is 46.9 Å². The van der Waals surface area contributed by atoms with Gasteiger partial charge in [-0.05, 0) is 31.2 Å². The van der Waals surface area contributed by atoms with Crippen LogP contribution >= 0.6 is 0 Å². The van der Waals surface area contributed by atoms with E-state index in [1.807, 2.05) is 24.3 Å². The van der Waals surface area contributed by atoms with Gasteiger partial charge in [0.2, 0.25) is 11.8 Å². The summed E-state index contributed by atoms with van der Waals surface area (Å²) in [4.78, 5) is 17.0. The van der Waals surface area contributed by atoms with Crippen LogP contribution in [0.5, 0.6) is 17.2 Å². The van der Waals surface area contributed by atoms with Crippen LogP contribution in [0, 0.1) is 6.92 Å². The Morgan fingerprint density at radius 2 is 1.79 bits per heavy atom. The van der Waals surface area contributed by atoms with Crippen molar-refractivity contribution in [1.82, 2.24) is 4.98 Å². The quantitative estimate of drug-likeness (QED) is 0.668. The average molecular weight is 382 g/mol. The number of para-hydroxylation sites is 1. The highest BCUT2D eigenvalue weighted by Gasteiger charge is 2.18. The molecule has 0 atom stereocenters.